The number of H-pyrrole nitrogens is 2. The lowest BCUT2D eigenvalue weighted by atomic mass is 9.99. The Bertz CT molecular complexity index is 1530. The van der Waals surface area contributed by atoms with Gasteiger partial charge in [-0.2, -0.15) is 18.3 Å². The second-order valence-corrected chi connectivity index (χ2v) is 9.14. The summed E-state index contributed by atoms with van der Waals surface area (Å²) >= 11 is 5.53. The molecule has 1 amide bonds. The Hall–Kier alpha value is -3.96. The maximum Gasteiger partial charge on any atom is 0.419 e. The number of methoxy groups -OCH3 is 1. The number of nitrogens with zero attached hydrogens (tertiary/aromatic N) is 1. The minimum atomic E-state index is -5.00. The lowest BCUT2D eigenvalue weighted by molar-refractivity contribution is -0.140. The number of hydrogen-bond donors (Lipinski definition) is 3. The number of aromatic nitrogens is 3. The molecule has 4 rings (SSSR count). The molecular weight excluding hydrogens is 540 g/mol. The fourth-order valence-corrected chi connectivity index (χ4v) is 4.30. The summed E-state index contributed by atoms with van der Waals surface area (Å²) in [6.07, 6.45) is -2.73. The van der Waals surface area contributed by atoms with Gasteiger partial charge in [-0.15, -0.1) is 0 Å². The first kappa shape index (κ1) is 28.1. The molecule has 0 saturated carbocycles. The molecule has 2 aromatic carbocycles. The van der Waals surface area contributed by atoms with Crippen molar-refractivity contribution in [2.45, 2.75) is 32.2 Å². The number of pyridine rings is 1. The van der Waals surface area contributed by atoms with Gasteiger partial charge in [-0.05, 0) is 28.8 Å². The zero-order valence-electron chi connectivity index (χ0n) is 20.6. The van der Waals surface area contributed by atoms with Gasteiger partial charge >= 0.3 is 6.18 Å². The van der Waals surface area contributed by atoms with Gasteiger partial charge in [0.1, 0.15) is 0 Å². The van der Waals surface area contributed by atoms with Gasteiger partial charge in [0.2, 0.25) is 0 Å². The highest BCUT2D eigenvalue weighted by Gasteiger charge is 2.38. The number of hydrogen-bond acceptors (Lipinski definition) is 4. The summed E-state index contributed by atoms with van der Waals surface area (Å²) in [5.74, 6) is -2.34. The molecule has 0 bridgehead atoms. The van der Waals surface area contributed by atoms with Crippen LogP contribution in [0.15, 0.2) is 59.5 Å². The summed E-state index contributed by atoms with van der Waals surface area (Å²) in [5.41, 5.74) is 1.19. The average molecular weight is 563 g/mol. The third-order valence-corrected chi connectivity index (χ3v) is 6.35. The molecule has 0 aliphatic rings. The fraction of sp³-hybridized carbons (Fsp3) is 0.222. The third-order valence-electron chi connectivity index (χ3n) is 6.06. The Balaban J connectivity index is 1.53. The fourth-order valence-electron chi connectivity index (χ4n) is 4.14. The topological polar surface area (TPSA) is 99.9 Å². The molecule has 0 fully saturated rings. The van der Waals surface area contributed by atoms with E-state index in [1.54, 1.807) is 18.3 Å². The Labute approximate surface area is 225 Å². The van der Waals surface area contributed by atoms with Crippen molar-refractivity contribution < 1.29 is 27.1 Å². The predicted molar refractivity (Wildman–Crippen MR) is 136 cm³/mol. The van der Waals surface area contributed by atoms with Crippen LogP contribution in [0.3, 0.4) is 0 Å². The molecule has 0 unspecified atom stereocenters. The van der Waals surface area contributed by atoms with Gasteiger partial charge in [-0.1, -0.05) is 48.0 Å². The normalized spacial score (nSPS) is 11.5. The standard InChI is InChI=1S/C27H23ClF4N4O3/c1-39-14-21-19(12-16-6-4-15(5-7-16)11-17-3-2-10-33-25(17)37)24(36-35-21)26(38)34-13-18-8-9-20(28)23(29)22(18)27(30,31)32/h2-10H,11-14H2,1H3,(H,33,37)(H,34,38)(H,35,36). The van der Waals surface area contributed by atoms with Crippen molar-refractivity contribution in [3.8, 4) is 0 Å². The van der Waals surface area contributed by atoms with E-state index in [4.69, 9.17) is 16.3 Å². The quantitative estimate of drug-likeness (QED) is 0.245. The van der Waals surface area contributed by atoms with Gasteiger partial charge in [0, 0.05) is 43.8 Å². The van der Waals surface area contributed by atoms with Crippen molar-refractivity contribution >= 4 is 17.5 Å². The maximum absolute atomic E-state index is 14.2. The number of nitrogens with one attached hydrogen (secondary N) is 3. The number of halogens is 5. The van der Waals surface area contributed by atoms with Crippen LogP contribution < -0.4 is 10.9 Å². The first-order chi connectivity index (χ1) is 18.6. The number of ether oxygens (including phenoxy) is 1. The van der Waals surface area contributed by atoms with Gasteiger partial charge in [-0.3, -0.25) is 14.7 Å². The van der Waals surface area contributed by atoms with E-state index >= 15 is 0 Å². The number of carbonyl (C=O) groups excluding carboxylic acids is 1. The van der Waals surface area contributed by atoms with Crippen LogP contribution in [0.2, 0.25) is 5.02 Å². The Morgan fingerprint density at radius 1 is 1.05 bits per heavy atom. The summed E-state index contributed by atoms with van der Waals surface area (Å²) in [7, 11) is 1.47. The lowest BCUT2D eigenvalue weighted by Crippen LogP contribution is -2.26. The number of aromatic amines is 2. The Morgan fingerprint density at radius 2 is 1.74 bits per heavy atom. The molecule has 0 spiro atoms. The molecule has 3 N–H and O–H groups in total. The minimum Gasteiger partial charge on any atom is -0.378 e. The van der Waals surface area contributed by atoms with E-state index in [0.717, 1.165) is 23.3 Å². The Kier molecular flexibility index (Phi) is 8.51. The molecule has 0 radical (unpaired) electrons. The molecule has 0 aliphatic heterocycles. The van der Waals surface area contributed by atoms with Crippen LogP contribution in [0.4, 0.5) is 17.6 Å². The van der Waals surface area contributed by atoms with E-state index < -0.39 is 40.6 Å². The maximum atomic E-state index is 14.2. The zero-order valence-corrected chi connectivity index (χ0v) is 21.3. The first-order valence-electron chi connectivity index (χ1n) is 11.7. The SMILES string of the molecule is COCc1[nH]nc(C(=O)NCc2ccc(Cl)c(F)c2C(F)(F)F)c1Cc1ccc(Cc2ccc[nH]c2=O)cc1. The second kappa shape index (κ2) is 11.8. The number of amides is 1. The molecule has 7 nitrogen and oxygen atoms in total. The van der Waals surface area contributed by atoms with Crippen molar-refractivity contribution in [2.75, 3.05) is 7.11 Å². The van der Waals surface area contributed by atoms with Crippen molar-refractivity contribution in [3.05, 3.63) is 121 Å². The van der Waals surface area contributed by atoms with Crippen LogP contribution in [0.5, 0.6) is 0 Å². The summed E-state index contributed by atoms with van der Waals surface area (Å²) in [6, 6.07) is 12.9. The molecule has 0 atom stereocenters. The van der Waals surface area contributed by atoms with Crippen LogP contribution >= 0.6 is 11.6 Å². The van der Waals surface area contributed by atoms with Crippen LogP contribution in [-0.2, 0) is 36.9 Å². The lowest BCUT2D eigenvalue weighted by Gasteiger charge is -2.15. The molecule has 2 aromatic heterocycles. The van der Waals surface area contributed by atoms with Crippen molar-refractivity contribution in [1.82, 2.24) is 20.5 Å². The van der Waals surface area contributed by atoms with Crippen LogP contribution in [0.1, 0.15) is 49.6 Å². The van der Waals surface area contributed by atoms with Gasteiger partial charge in [0.15, 0.2) is 11.5 Å². The minimum absolute atomic E-state index is 0.0232. The smallest absolute Gasteiger partial charge is 0.378 e. The van der Waals surface area contributed by atoms with E-state index in [1.807, 2.05) is 24.3 Å². The highest BCUT2D eigenvalue weighted by Crippen LogP contribution is 2.36. The largest absolute Gasteiger partial charge is 0.419 e. The van der Waals surface area contributed by atoms with Crippen LogP contribution in [0.25, 0.3) is 0 Å². The summed E-state index contributed by atoms with van der Waals surface area (Å²) in [6.45, 7) is -0.480. The summed E-state index contributed by atoms with van der Waals surface area (Å²) in [4.78, 5) is 27.6. The van der Waals surface area contributed by atoms with Gasteiger partial charge < -0.3 is 15.0 Å². The monoisotopic (exact) mass is 562 g/mol. The summed E-state index contributed by atoms with van der Waals surface area (Å²) in [5, 5.41) is 8.53. The summed E-state index contributed by atoms with van der Waals surface area (Å²) < 4.78 is 59.7. The first-order valence-corrected chi connectivity index (χ1v) is 12.1. The molecule has 0 aliphatic carbocycles. The van der Waals surface area contributed by atoms with Crippen molar-refractivity contribution in [2.24, 2.45) is 0 Å². The number of rotatable bonds is 9. The van der Waals surface area contributed by atoms with E-state index in [0.29, 0.717) is 23.2 Å². The third kappa shape index (κ3) is 6.55. The number of alkyl halides is 3. The van der Waals surface area contributed by atoms with E-state index in [9.17, 15) is 27.2 Å². The van der Waals surface area contributed by atoms with E-state index in [-0.39, 0.29) is 24.3 Å². The molecule has 39 heavy (non-hydrogen) atoms. The highest BCUT2D eigenvalue weighted by molar-refractivity contribution is 6.30. The van der Waals surface area contributed by atoms with Gasteiger partial charge in [-0.25, -0.2) is 4.39 Å². The van der Waals surface area contributed by atoms with Crippen molar-refractivity contribution in [3.63, 3.8) is 0 Å². The number of carbonyl (C=O) groups is 1. The average Bonchev–Trinajstić information content (AvgIpc) is 3.28. The molecule has 0 saturated heterocycles. The Morgan fingerprint density at radius 3 is 2.38 bits per heavy atom. The highest BCUT2D eigenvalue weighted by atomic mass is 35.5. The molecular formula is C27H23ClF4N4O3. The van der Waals surface area contributed by atoms with Crippen LogP contribution in [-0.4, -0.2) is 28.2 Å². The van der Waals surface area contributed by atoms with E-state index in [2.05, 4.69) is 20.5 Å². The predicted octanol–water partition coefficient (Wildman–Crippen LogP) is 5.17. The second-order valence-electron chi connectivity index (χ2n) is 8.73. The zero-order chi connectivity index (χ0) is 28.2. The molecule has 4 aromatic rings. The van der Waals surface area contributed by atoms with Gasteiger partial charge in [0.25, 0.3) is 11.5 Å². The molecule has 204 valence electrons. The molecule has 12 heteroatoms. The van der Waals surface area contributed by atoms with Gasteiger partial charge in [0.05, 0.1) is 22.9 Å². The van der Waals surface area contributed by atoms with E-state index in [1.165, 1.54) is 7.11 Å². The molecule has 2 heterocycles. The number of benzene rings is 2. The van der Waals surface area contributed by atoms with Crippen molar-refractivity contribution in [1.29, 1.82) is 0 Å². The van der Waals surface area contributed by atoms with Crippen LogP contribution in [0, 0.1) is 5.82 Å².